The number of anilines is 1. The molecule has 3 rings (SSSR count). The minimum Gasteiger partial charge on any atom is -0.463 e. The number of aliphatic hydroxyl groups is 1. The molecule has 2 aromatic carbocycles. The molecule has 0 spiro atoms. The first-order valence-electron chi connectivity index (χ1n) is 8.11. The van der Waals surface area contributed by atoms with E-state index in [1.54, 1.807) is 31.2 Å². The summed E-state index contributed by atoms with van der Waals surface area (Å²) in [6, 6.07) is 8.75. The van der Waals surface area contributed by atoms with Crippen molar-refractivity contribution in [3.8, 4) is 0 Å². The van der Waals surface area contributed by atoms with Crippen molar-refractivity contribution in [2.75, 3.05) is 11.9 Å². The molecule has 3 aromatic rings. The fraction of sp³-hybridized carbons (Fsp3) is 0.211. The van der Waals surface area contributed by atoms with Crippen molar-refractivity contribution in [1.82, 2.24) is 5.32 Å². The van der Waals surface area contributed by atoms with Gasteiger partial charge in [0.1, 0.15) is 5.82 Å². The lowest BCUT2D eigenvalue weighted by molar-refractivity contribution is 0.175. The molecule has 0 saturated heterocycles. The van der Waals surface area contributed by atoms with Crippen molar-refractivity contribution in [1.29, 1.82) is 0 Å². The third-order valence-electron chi connectivity index (χ3n) is 4.15. The number of carbonyl (C=O) groups excluding carboxylic acids is 1. The zero-order valence-electron chi connectivity index (χ0n) is 14.4. The van der Waals surface area contributed by atoms with E-state index < -0.39 is 11.6 Å². The molecular weight excluding hydrogens is 439 g/mol. The topological polar surface area (TPSA) is 74.5 Å². The van der Waals surface area contributed by atoms with Crippen LogP contribution in [0.1, 0.15) is 12.5 Å². The summed E-state index contributed by atoms with van der Waals surface area (Å²) in [5.41, 5.74) is 0.823. The minimum atomic E-state index is -0.934. The fourth-order valence-corrected chi connectivity index (χ4v) is 3.74. The van der Waals surface area contributed by atoms with E-state index in [1.165, 1.54) is 18.4 Å². The van der Waals surface area contributed by atoms with Gasteiger partial charge in [-0.05, 0) is 59.1 Å². The Hall–Kier alpha value is -2.09. The van der Waals surface area contributed by atoms with Gasteiger partial charge in [-0.15, -0.1) is 0 Å². The van der Waals surface area contributed by atoms with Crippen LogP contribution in [-0.2, 0) is 6.42 Å². The molecule has 0 saturated carbocycles. The Balaban J connectivity index is 1.78. The summed E-state index contributed by atoms with van der Waals surface area (Å²) in [5, 5.41) is 16.4. The smallest absolute Gasteiger partial charge is 0.319 e. The molecule has 0 fully saturated rings. The second-order valence-corrected chi connectivity index (χ2v) is 7.74. The monoisotopic (exact) mass is 454 g/mol. The summed E-state index contributed by atoms with van der Waals surface area (Å²) in [4.78, 5) is 12.6. The molecule has 2 amide bonds. The Morgan fingerprint density at radius 1 is 1.33 bits per heavy atom. The van der Waals surface area contributed by atoms with Crippen LogP contribution in [0.3, 0.4) is 0 Å². The lowest BCUT2D eigenvalue weighted by atomic mass is 9.94. The Morgan fingerprint density at radius 3 is 2.70 bits per heavy atom. The van der Waals surface area contributed by atoms with Crippen LogP contribution < -0.4 is 10.6 Å². The molecule has 142 valence electrons. The van der Waals surface area contributed by atoms with Crippen molar-refractivity contribution in [3.63, 3.8) is 0 Å². The third-order valence-corrected chi connectivity index (χ3v) is 5.06. The molecular formula is C19H17BrClFN2O3. The molecule has 1 unspecified atom stereocenters. The van der Waals surface area contributed by atoms with E-state index in [0.29, 0.717) is 32.6 Å². The Kier molecular flexibility index (Phi) is 5.74. The van der Waals surface area contributed by atoms with E-state index in [0.717, 1.165) is 5.56 Å². The molecule has 8 heteroatoms. The highest BCUT2D eigenvalue weighted by Crippen LogP contribution is 2.37. The van der Waals surface area contributed by atoms with Gasteiger partial charge in [0.05, 0.1) is 29.1 Å². The predicted molar refractivity (Wildman–Crippen MR) is 107 cm³/mol. The van der Waals surface area contributed by atoms with E-state index >= 15 is 0 Å². The second kappa shape index (κ2) is 7.88. The van der Waals surface area contributed by atoms with Crippen molar-refractivity contribution >= 4 is 50.2 Å². The second-order valence-electron chi connectivity index (χ2n) is 6.48. The van der Waals surface area contributed by atoms with Crippen LogP contribution in [0, 0.1) is 5.82 Å². The number of amides is 2. The van der Waals surface area contributed by atoms with Crippen LogP contribution in [0.5, 0.6) is 0 Å². The lowest BCUT2D eigenvalue weighted by Gasteiger charge is -2.29. The van der Waals surface area contributed by atoms with Gasteiger partial charge in [0.2, 0.25) is 0 Å². The SMILES string of the molecule is CC(CO)(Cc1ccc(F)cc1)NC(=O)Nc1c(Br)cc(Cl)c2occc12. The number of hydrogen-bond donors (Lipinski definition) is 3. The Labute approximate surface area is 168 Å². The number of rotatable bonds is 5. The van der Waals surface area contributed by atoms with Crippen molar-refractivity contribution in [2.24, 2.45) is 0 Å². The first-order valence-corrected chi connectivity index (χ1v) is 9.28. The van der Waals surface area contributed by atoms with E-state index in [1.807, 2.05) is 0 Å². The summed E-state index contributed by atoms with van der Waals surface area (Å²) in [7, 11) is 0. The van der Waals surface area contributed by atoms with Gasteiger partial charge < -0.3 is 20.2 Å². The summed E-state index contributed by atoms with van der Waals surface area (Å²) in [6.07, 6.45) is 1.82. The predicted octanol–water partition coefficient (Wildman–Crippen LogP) is 5.10. The number of fused-ring (bicyclic) bond motifs is 1. The highest BCUT2D eigenvalue weighted by atomic mass is 79.9. The maximum absolute atomic E-state index is 13.1. The van der Waals surface area contributed by atoms with Crippen LogP contribution in [0.4, 0.5) is 14.9 Å². The average molecular weight is 456 g/mol. The Morgan fingerprint density at radius 2 is 2.04 bits per heavy atom. The number of furan rings is 1. The van der Waals surface area contributed by atoms with Crippen LogP contribution in [0.15, 0.2) is 51.6 Å². The van der Waals surface area contributed by atoms with E-state index in [4.69, 9.17) is 16.0 Å². The largest absolute Gasteiger partial charge is 0.463 e. The summed E-state index contributed by atoms with van der Waals surface area (Å²) >= 11 is 9.52. The molecule has 0 radical (unpaired) electrons. The maximum Gasteiger partial charge on any atom is 0.319 e. The summed E-state index contributed by atoms with van der Waals surface area (Å²) < 4.78 is 19.0. The molecule has 0 aliphatic carbocycles. The lowest BCUT2D eigenvalue weighted by Crippen LogP contribution is -2.52. The van der Waals surface area contributed by atoms with Crippen molar-refractivity contribution in [2.45, 2.75) is 18.9 Å². The zero-order valence-corrected chi connectivity index (χ0v) is 16.7. The molecule has 0 aliphatic rings. The fourth-order valence-electron chi connectivity index (χ4n) is 2.81. The van der Waals surface area contributed by atoms with Gasteiger partial charge >= 0.3 is 6.03 Å². The van der Waals surface area contributed by atoms with Crippen molar-refractivity contribution < 1.29 is 18.7 Å². The van der Waals surface area contributed by atoms with Gasteiger partial charge in [-0.2, -0.15) is 0 Å². The van der Waals surface area contributed by atoms with Crippen LogP contribution >= 0.6 is 27.5 Å². The number of aliphatic hydroxyl groups excluding tert-OH is 1. The first-order chi connectivity index (χ1) is 12.8. The maximum atomic E-state index is 13.1. The standard InChI is InChI=1S/C19H17BrClFN2O3/c1-19(10-25,9-11-2-4-12(22)5-3-11)24-18(26)23-16-13-6-7-27-17(13)15(21)8-14(16)20/h2-8,25H,9-10H2,1H3,(H2,23,24,26). The number of nitrogens with one attached hydrogen (secondary N) is 2. The molecule has 0 aliphatic heterocycles. The van der Waals surface area contributed by atoms with E-state index in [2.05, 4.69) is 26.6 Å². The first kappa shape index (κ1) is 19.7. The van der Waals surface area contributed by atoms with Gasteiger partial charge in [0, 0.05) is 9.86 Å². The van der Waals surface area contributed by atoms with Gasteiger partial charge in [-0.3, -0.25) is 0 Å². The summed E-state index contributed by atoms with van der Waals surface area (Å²) in [6.45, 7) is 1.42. The summed E-state index contributed by atoms with van der Waals surface area (Å²) in [5.74, 6) is -0.341. The van der Waals surface area contributed by atoms with Crippen LogP contribution in [0.2, 0.25) is 5.02 Å². The highest BCUT2D eigenvalue weighted by molar-refractivity contribution is 9.10. The van der Waals surface area contributed by atoms with Gasteiger partial charge in [-0.1, -0.05) is 23.7 Å². The third kappa shape index (κ3) is 4.43. The van der Waals surface area contributed by atoms with Crippen LogP contribution in [0.25, 0.3) is 11.0 Å². The number of urea groups is 1. The number of hydrogen-bond acceptors (Lipinski definition) is 3. The van der Waals surface area contributed by atoms with E-state index in [9.17, 15) is 14.3 Å². The van der Waals surface area contributed by atoms with Crippen molar-refractivity contribution in [3.05, 3.63) is 63.5 Å². The molecule has 1 heterocycles. The van der Waals surface area contributed by atoms with E-state index in [-0.39, 0.29) is 12.4 Å². The van der Waals surface area contributed by atoms with Crippen LogP contribution in [-0.4, -0.2) is 23.3 Å². The number of carbonyl (C=O) groups is 1. The molecule has 1 atom stereocenters. The zero-order chi connectivity index (χ0) is 19.6. The Bertz CT molecular complexity index is 977. The normalized spacial score (nSPS) is 13.4. The molecule has 0 bridgehead atoms. The molecule has 1 aromatic heterocycles. The number of benzene rings is 2. The quantitative estimate of drug-likeness (QED) is 0.501. The molecule has 3 N–H and O–H groups in total. The molecule has 27 heavy (non-hydrogen) atoms. The van der Waals surface area contributed by atoms with Gasteiger partial charge in [-0.25, -0.2) is 9.18 Å². The minimum absolute atomic E-state index is 0.291. The van der Waals surface area contributed by atoms with Gasteiger partial charge in [0.15, 0.2) is 5.58 Å². The number of halogens is 3. The highest BCUT2D eigenvalue weighted by Gasteiger charge is 2.27. The van der Waals surface area contributed by atoms with Gasteiger partial charge in [0.25, 0.3) is 0 Å². The molecule has 5 nitrogen and oxygen atoms in total. The average Bonchev–Trinajstić information content (AvgIpc) is 3.11.